The summed E-state index contributed by atoms with van der Waals surface area (Å²) in [5.41, 5.74) is -0.0168. The molecule has 4 bridgehead atoms. The fourth-order valence-corrected chi connectivity index (χ4v) is 6.33. The Morgan fingerprint density at radius 2 is 1.75 bits per heavy atom. The molecule has 0 saturated heterocycles. The van der Waals surface area contributed by atoms with Crippen molar-refractivity contribution in [3.05, 3.63) is 0 Å². The maximum atomic E-state index is 12.4. The van der Waals surface area contributed by atoms with Gasteiger partial charge >= 0.3 is 0 Å². The number of amides is 1. The number of carbonyl (C=O) groups is 1. The second kappa shape index (κ2) is 3.24. The van der Waals surface area contributed by atoms with Gasteiger partial charge < -0.3 is 4.90 Å². The van der Waals surface area contributed by atoms with Gasteiger partial charge in [-0.25, -0.2) is 0 Å². The molecule has 0 unspecified atom stereocenters. The molecule has 0 heterocycles. The van der Waals surface area contributed by atoms with E-state index in [-0.39, 0.29) is 5.41 Å². The molecule has 16 heavy (non-hydrogen) atoms. The SMILES string of the molecule is CN(C)C(=O)C12C[C@H]3C[C@@H](CC(Br)(C3)C1)C2. The number of halogens is 1. The molecule has 0 aromatic rings. The van der Waals surface area contributed by atoms with Gasteiger partial charge in [0.15, 0.2) is 0 Å². The van der Waals surface area contributed by atoms with Gasteiger partial charge in [-0.1, -0.05) is 15.9 Å². The Balaban J connectivity index is 1.95. The van der Waals surface area contributed by atoms with Crippen molar-refractivity contribution < 1.29 is 4.79 Å². The predicted octanol–water partition coefficient (Wildman–Crippen LogP) is 2.81. The minimum atomic E-state index is -0.0168. The molecule has 2 atom stereocenters. The number of hydrogen-bond acceptors (Lipinski definition) is 1. The Hall–Kier alpha value is -0.0500. The predicted molar refractivity (Wildman–Crippen MR) is 67.5 cm³/mol. The second-order valence-electron chi connectivity index (χ2n) is 6.59. The van der Waals surface area contributed by atoms with Crippen LogP contribution in [0.4, 0.5) is 0 Å². The zero-order valence-corrected chi connectivity index (χ0v) is 11.7. The molecule has 1 amide bonds. The van der Waals surface area contributed by atoms with Crippen LogP contribution in [0.1, 0.15) is 38.5 Å². The van der Waals surface area contributed by atoms with Crippen LogP contribution in [0.2, 0.25) is 0 Å². The Bertz CT molecular complexity index is 325. The molecule has 0 aromatic carbocycles. The molecule has 90 valence electrons. The number of alkyl halides is 1. The first kappa shape index (κ1) is 11.1. The van der Waals surface area contributed by atoms with Gasteiger partial charge in [0.25, 0.3) is 0 Å². The zero-order chi connectivity index (χ0) is 11.6. The van der Waals surface area contributed by atoms with E-state index in [0.717, 1.165) is 31.1 Å². The highest BCUT2D eigenvalue weighted by atomic mass is 79.9. The summed E-state index contributed by atoms with van der Waals surface area (Å²) >= 11 is 3.94. The van der Waals surface area contributed by atoms with Crippen molar-refractivity contribution in [2.75, 3.05) is 14.1 Å². The average Bonchev–Trinajstić information content (AvgIpc) is 2.12. The first-order chi connectivity index (χ1) is 7.42. The van der Waals surface area contributed by atoms with Crippen LogP contribution in [-0.4, -0.2) is 29.2 Å². The van der Waals surface area contributed by atoms with Gasteiger partial charge in [0.05, 0.1) is 5.41 Å². The van der Waals surface area contributed by atoms with Crippen LogP contribution in [-0.2, 0) is 4.79 Å². The van der Waals surface area contributed by atoms with Gasteiger partial charge in [-0.2, -0.15) is 0 Å². The van der Waals surface area contributed by atoms with Crippen LogP contribution < -0.4 is 0 Å². The number of carbonyl (C=O) groups excluding carboxylic acids is 1. The standard InChI is InChI=1S/C13H20BrNO/c1-15(2)11(16)12-4-9-3-10(5-12)7-13(14,6-9)8-12/h9-10H,3-8H2,1-2H3/t9-,10-,12?,13?/m1/s1. The summed E-state index contributed by atoms with van der Waals surface area (Å²) in [6, 6.07) is 0. The lowest BCUT2D eigenvalue weighted by Crippen LogP contribution is -2.58. The number of hydrogen-bond donors (Lipinski definition) is 0. The average molecular weight is 286 g/mol. The molecule has 4 fully saturated rings. The van der Waals surface area contributed by atoms with Crippen molar-refractivity contribution in [3.63, 3.8) is 0 Å². The Morgan fingerprint density at radius 1 is 1.19 bits per heavy atom. The van der Waals surface area contributed by atoms with Gasteiger partial charge in [-0.15, -0.1) is 0 Å². The fraction of sp³-hybridized carbons (Fsp3) is 0.923. The van der Waals surface area contributed by atoms with Crippen molar-refractivity contribution in [2.45, 2.75) is 42.8 Å². The van der Waals surface area contributed by atoms with Crippen LogP contribution in [0.3, 0.4) is 0 Å². The maximum absolute atomic E-state index is 12.4. The summed E-state index contributed by atoms with van der Waals surface area (Å²) in [5.74, 6) is 1.97. The van der Waals surface area contributed by atoms with Crippen LogP contribution in [0, 0.1) is 17.3 Å². The lowest BCUT2D eigenvalue weighted by atomic mass is 9.49. The molecular formula is C13H20BrNO. The maximum Gasteiger partial charge on any atom is 0.228 e. The normalized spacial score (nSPS) is 49.4. The van der Waals surface area contributed by atoms with Gasteiger partial charge in [0.1, 0.15) is 0 Å². The largest absolute Gasteiger partial charge is 0.348 e. The quantitative estimate of drug-likeness (QED) is 0.679. The highest BCUT2D eigenvalue weighted by molar-refractivity contribution is 9.10. The molecule has 4 rings (SSSR count). The van der Waals surface area contributed by atoms with E-state index >= 15 is 0 Å². The van der Waals surface area contributed by atoms with E-state index in [9.17, 15) is 4.79 Å². The first-order valence-corrected chi connectivity index (χ1v) is 7.12. The van der Waals surface area contributed by atoms with E-state index in [0.29, 0.717) is 10.2 Å². The van der Waals surface area contributed by atoms with Crippen LogP contribution in [0.5, 0.6) is 0 Å². The van der Waals surface area contributed by atoms with Crippen molar-refractivity contribution in [3.8, 4) is 0 Å². The van der Waals surface area contributed by atoms with E-state index in [4.69, 9.17) is 0 Å². The molecule has 0 spiro atoms. The summed E-state index contributed by atoms with van der Waals surface area (Å²) in [7, 11) is 3.81. The van der Waals surface area contributed by atoms with Gasteiger partial charge in [-0.05, 0) is 50.4 Å². The summed E-state index contributed by atoms with van der Waals surface area (Å²) in [6.07, 6.45) is 7.33. The first-order valence-electron chi connectivity index (χ1n) is 6.33. The second-order valence-corrected chi connectivity index (χ2v) is 8.27. The highest BCUT2D eigenvalue weighted by Crippen LogP contribution is 2.64. The van der Waals surface area contributed by atoms with Crippen LogP contribution in [0.25, 0.3) is 0 Å². The number of nitrogens with zero attached hydrogens (tertiary/aromatic N) is 1. The lowest BCUT2D eigenvalue weighted by Gasteiger charge is -2.59. The Kier molecular flexibility index (Phi) is 2.24. The van der Waals surface area contributed by atoms with E-state index < -0.39 is 0 Å². The molecular weight excluding hydrogens is 266 g/mol. The topological polar surface area (TPSA) is 20.3 Å². The van der Waals surface area contributed by atoms with E-state index in [2.05, 4.69) is 15.9 Å². The van der Waals surface area contributed by atoms with Gasteiger partial charge in [-0.3, -0.25) is 4.79 Å². The van der Waals surface area contributed by atoms with Gasteiger partial charge in [0, 0.05) is 18.4 Å². The fourth-order valence-electron chi connectivity index (χ4n) is 4.88. The molecule has 0 N–H and O–H groups in total. The lowest BCUT2D eigenvalue weighted by molar-refractivity contribution is -0.152. The third-order valence-corrected chi connectivity index (χ3v) is 5.78. The molecule has 2 nitrogen and oxygen atoms in total. The van der Waals surface area contributed by atoms with Crippen LogP contribution >= 0.6 is 15.9 Å². The highest BCUT2D eigenvalue weighted by Gasteiger charge is 2.59. The van der Waals surface area contributed by atoms with Gasteiger partial charge in [0.2, 0.25) is 5.91 Å². The summed E-state index contributed by atoms with van der Waals surface area (Å²) in [5, 5.41) is 0. The summed E-state index contributed by atoms with van der Waals surface area (Å²) in [6.45, 7) is 0. The third-order valence-electron chi connectivity index (χ3n) is 4.85. The molecule has 3 heteroatoms. The molecule has 4 aliphatic rings. The Morgan fingerprint density at radius 3 is 2.19 bits per heavy atom. The third kappa shape index (κ3) is 1.47. The van der Waals surface area contributed by atoms with Crippen molar-refractivity contribution in [2.24, 2.45) is 17.3 Å². The molecule has 0 aromatic heterocycles. The van der Waals surface area contributed by atoms with Crippen LogP contribution in [0.15, 0.2) is 0 Å². The molecule has 4 saturated carbocycles. The van der Waals surface area contributed by atoms with E-state index in [1.165, 1.54) is 19.3 Å². The Labute approximate surface area is 106 Å². The minimum Gasteiger partial charge on any atom is -0.348 e. The van der Waals surface area contributed by atoms with Crippen molar-refractivity contribution in [1.29, 1.82) is 0 Å². The summed E-state index contributed by atoms with van der Waals surface area (Å²) in [4.78, 5) is 14.3. The molecule has 0 aliphatic heterocycles. The van der Waals surface area contributed by atoms with E-state index in [1.807, 2.05) is 19.0 Å². The molecule has 4 aliphatic carbocycles. The zero-order valence-electron chi connectivity index (χ0n) is 10.1. The monoisotopic (exact) mass is 285 g/mol. The van der Waals surface area contributed by atoms with E-state index in [1.54, 1.807) is 0 Å². The van der Waals surface area contributed by atoms with Crippen molar-refractivity contribution >= 4 is 21.8 Å². The smallest absolute Gasteiger partial charge is 0.228 e. The van der Waals surface area contributed by atoms with Crippen molar-refractivity contribution in [1.82, 2.24) is 4.90 Å². The molecule has 0 radical (unpaired) electrons. The minimum absolute atomic E-state index is 0.0168. The summed E-state index contributed by atoms with van der Waals surface area (Å²) < 4.78 is 0.294. The number of rotatable bonds is 1.